The number of hydrogen-bond acceptors (Lipinski definition) is 3. The molecule has 0 aliphatic carbocycles. The van der Waals surface area contributed by atoms with E-state index in [1.807, 2.05) is 19.1 Å². The molecule has 1 amide bonds. The van der Waals surface area contributed by atoms with Crippen LogP contribution in [-0.4, -0.2) is 41.6 Å². The van der Waals surface area contributed by atoms with E-state index in [-0.39, 0.29) is 25.5 Å². The number of amides is 1. The molecular weight excluding hydrogens is 258 g/mol. The standard InChI is InChI=1S/C15H19NO4/c1-3-9-16(10-8-15(18)19)14(17)11-20-13-6-4-12(2)5-7-13/h3-7H,1,8-11H2,2H3,(H,18,19). The highest BCUT2D eigenvalue weighted by molar-refractivity contribution is 5.78. The molecule has 0 radical (unpaired) electrons. The summed E-state index contributed by atoms with van der Waals surface area (Å²) in [5.41, 5.74) is 1.11. The molecule has 0 aromatic heterocycles. The Kier molecular flexibility index (Phi) is 6.29. The third kappa shape index (κ3) is 5.56. The highest BCUT2D eigenvalue weighted by Crippen LogP contribution is 2.11. The molecule has 0 unspecified atom stereocenters. The Labute approximate surface area is 118 Å². The van der Waals surface area contributed by atoms with E-state index in [0.717, 1.165) is 5.56 Å². The van der Waals surface area contributed by atoms with Crippen molar-refractivity contribution in [1.82, 2.24) is 4.90 Å². The second-order valence-electron chi connectivity index (χ2n) is 4.37. The second-order valence-corrected chi connectivity index (χ2v) is 4.37. The largest absolute Gasteiger partial charge is 0.484 e. The molecule has 5 heteroatoms. The maximum Gasteiger partial charge on any atom is 0.305 e. The van der Waals surface area contributed by atoms with E-state index in [4.69, 9.17) is 9.84 Å². The summed E-state index contributed by atoms with van der Waals surface area (Å²) < 4.78 is 5.38. The van der Waals surface area contributed by atoms with Crippen LogP contribution in [0.25, 0.3) is 0 Å². The summed E-state index contributed by atoms with van der Waals surface area (Å²) in [4.78, 5) is 23.9. The van der Waals surface area contributed by atoms with Crippen molar-refractivity contribution in [3.63, 3.8) is 0 Å². The maximum absolute atomic E-state index is 11.9. The number of aliphatic carboxylic acids is 1. The number of carbonyl (C=O) groups excluding carboxylic acids is 1. The van der Waals surface area contributed by atoms with Crippen LogP contribution in [0.15, 0.2) is 36.9 Å². The quantitative estimate of drug-likeness (QED) is 0.737. The van der Waals surface area contributed by atoms with Gasteiger partial charge in [0.2, 0.25) is 0 Å². The Balaban J connectivity index is 2.50. The van der Waals surface area contributed by atoms with Crippen LogP contribution in [0.2, 0.25) is 0 Å². The number of ether oxygens (including phenoxy) is 1. The van der Waals surface area contributed by atoms with Crippen LogP contribution in [0.3, 0.4) is 0 Å². The number of benzene rings is 1. The number of carbonyl (C=O) groups is 2. The molecule has 0 fully saturated rings. The van der Waals surface area contributed by atoms with Crippen molar-refractivity contribution in [3.8, 4) is 5.75 Å². The van der Waals surface area contributed by atoms with Gasteiger partial charge in [0.1, 0.15) is 5.75 Å². The highest BCUT2D eigenvalue weighted by Gasteiger charge is 2.14. The maximum atomic E-state index is 11.9. The Morgan fingerprint density at radius 3 is 2.55 bits per heavy atom. The summed E-state index contributed by atoms with van der Waals surface area (Å²) in [6.45, 7) is 5.87. The summed E-state index contributed by atoms with van der Waals surface area (Å²) in [6, 6.07) is 7.37. The van der Waals surface area contributed by atoms with Gasteiger partial charge in [-0.25, -0.2) is 0 Å². The summed E-state index contributed by atoms with van der Waals surface area (Å²) in [5, 5.41) is 8.65. The predicted molar refractivity (Wildman–Crippen MR) is 75.7 cm³/mol. The minimum atomic E-state index is -0.939. The van der Waals surface area contributed by atoms with Crippen LogP contribution in [0.5, 0.6) is 5.75 Å². The van der Waals surface area contributed by atoms with Crippen LogP contribution < -0.4 is 4.74 Å². The van der Waals surface area contributed by atoms with Gasteiger partial charge in [0.05, 0.1) is 6.42 Å². The Bertz CT molecular complexity index is 467. The summed E-state index contributed by atoms with van der Waals surface area (Å²) >= 11 is 0. The number of hydrogen-bond donors (Lipinski definition) is 1. The number of nitrogens with zero attached hydrogens (tertiary/aromatic N) is 1. The Hall–Kier alpha value is -2.30. The third-order valence-electron chi connectivity index (χ3n) is 2.68. The summed E-state index contributed by atoms with van der Waals surface area (Å²) in [7, 11) is 0. The molecule has 1 N–H and O–H groups in total. The smallest absolute Gasteiger partial charge is 0.305 e. The molecule has 1 rings (SSSR count). The lowest BCUT2D eigenvalue weighted by Crippen LogP contribution is -2.36. The molecule has 0 saturated carbocycles. The van der Waals surface area contributed by atoms with Crippen molar-refractivity contribution in [3.05, 3.63) is 42.5 Å². The molecule has 0 heterocycles. The van der Waals surface area contributed by atoms with E-state index in [2.05, 4.69) is 6.58 Å². The minimum Gasteiger partial charge on any atom is -0.484 e. The SMILES string of the molecule is C=CCN(CCC(=O)O)C(=O)COc1ccc(C)cc1. The first-order valence-corrected chi connectivity index (χ1v) is 6.33. The molecule has 0 atom stereocenters. The molecule has 0 spiro atoms. The zero-order valence-corrected chi connectivity index (χ0v) is 11.5. The van der Waals surface area contributed by atoms with Gasteiger partial charge in [-0.15, -0.1) is 6.58 Å². The van der Waals surface area contributed by atoms with Gasteiger partial charge in [-0.3, -0.25) is 9.59 Å². The van der Waals surface area contributed by atoms with E-state index in [1.165, 1.54) is 4.90 Å². The van der Waals surface area contributed by atoms with Crippen LogP contribution in [-0.2, 0) is 9.59 Å². The van der Waals surface area contributed by atoms with E-state index >= 15 is 0 Å². The minimum absolute atomic E-state index is 0.0931. The van der Waals surface area contributed by atoms with Gasteiger partial charge in [-0.2, -0.15) is 0 Å². The van der Waals surface area contributed by atoms with Crippen LogP contribution in [0.4, 0.5) is 0 Å². The molecule has 5 nitrogen and oxygen atoms in total. The summed E-state index contributed by atoms with van der Waals surface area (Å²) in [5.74, 6) is -0.584. The molecule has 1 aromatic carbocycles. The topological polar surface area (TPSA) is 66.8 Å². The van der Waals surface area contributed by atoms with Crippen molar-refractivity contribution in [1.29, 1.82) is 0 Å². The van der Waals surface area contributed by atoms with Gasteiger partial charge in [-0.1, -0.05) is 23.8 Å². The zero-order chi connectivity index (χ0) is 15.0. The Morgan fingerprint density at radius 2 is 2.00 bits per heavy atom. The first-order valence-electron chi connectivity index (χ1n) is 6.33. The average Bonchev–Trinajstić information content (AvgIpc) is 2.42. The molecule has 0 bridgehead atoms. The van der Waals surface area contributed by atoms with Crippen LogP contribution in [0, 0.1) is 6.92 Å². The predicted octanol–water partition coefficient (Wildman–Crippen LogP) is 1.86. The van der Waals surface area contributed by atoms with E-state index in [0.29, 0.717) is 12.3 Å². The molecule has 20 heavy (non-hydrogen) atoms. The first kappa shape index (κ1) is 15.8. The Morgan fingerprint density at radius 1 is 1.35 bits per heavy atom. The lowest BCUT2D eigenvalue weighted by atomic mass is 10.2. The molecule has 0 saturated heterocycles. The van der Waals surface area contributed by atoms with Crippen molar-refractivity contribution < 1.29 is 19.4 Å². The normalized spacial score (nSPS) is 9.85. The molecular formula is C15H19NO4. The molecule has 108 valence electrons. The second kappa shape index (κ2) is 7.99. The summed E-state index contributed by atoms with van der Waals surface area (Å²) in [6.07, 6.45) is 1.47. The van der Waals surface area contributed by atoms with E-state index in [1.54, 1.807) is 18.2 Å². The van der Waals surface area contributed by atoms with Crippen molar-refractivity contribution >= 4 is 11.9 Å². The van der Waals surface area contributed by atoms with Gasteiger partial charge >= 0.3 is 5.97 Å². The fraction of sp³-hybridized carbons (Fsp3) is 0.333. The van der Waals surface area contributed by atoms with E-state index < -0.39 is 5.97 Å². The molecule has 1 aromatic rings. The number of rotatable bonds is 8. The van der Waals surface area contributed by atoms with Crippen molar-refractivity contribution in [2.45, 2.75) is 13.3 Å². The molecule has 0 aliphatic rings. The van der Waals surface area contributed by atoms with Crippen LogP contribution >= 0.6 is 0 Å². The lowest BCUT2D eigenvalue weighted by molar-refractivity contribution is -0.138. The van der Waals surface area contributed by atoms with Crippen LogP contribution in [0.1, 0.15) is 12.0 Å². The zero-order valence-electron chi connectivity index (χ0n) is 11.5. The highest BCUT2D eigenvalue weighted by atomic mass is 16.5. The number of aryl methyl sites for hydroxylation is 1. The van der Waals surface area contributed by atoms with Gasteiger partial charge in [0.15, 0.2) is 6.61 Å². The third-order valence-corrected chi connectivity index (χ3v) is 2.68. The fourth-order valence-corrected chi connectivity index (χ4v) is 1.58. The number of carboxylic acid groups (broad SMARTS) is 1. The molecule has 0 aliphatic heterocycles. The number of carboxylic acids is 1. The van der Waals surface area contributed by atoms with Gasteiger partial charge in [0, 0.05) is 13.1 Å². The first-order chi connectivity index (χ1) is 9.52. The van der Waals surface area contributed by atoms with Gasteiger partial charge in [-0.05, 0) is 19.1 Å². The average molecular weight is 277 g/mol. The van der Waals surface area contributed by atoms with Gasteiger partial charge in [0.25, 0.3) is 5.91 Å². The monoisotopic (exact) mass is 277 g/mol. The van der Waals surface area contributed by atoms with Crippen molar-refractivity contribution in [2.24, 2.45) is 0 Å². The van der Waals surface area contributed by atoms with Gasteiger partial charge < -0.3 is 14.7 Å². The van der Waals surface area contributed by atoms with E-state index in [9.17, 15) is 9.59 Å². The lowest BCUT2D eigenvalue weighted by Gasteiger charge is -2.20. The van der Waals surface area contributed by atoms with Crippen molar-refractivity contribution in [2.75, 3.05) is 19.7 Å². The fourth-order valence-electron chi connectivity index (χ4n) is 1.58.